The lowest BCUT2D eigenvalue weighted by Gasteiger charge is -2.19. The quantitative estimate of drug-likeness (QED) is 0.220. The second-order valence-corrected chi connectivity index (χ2v) is 10.2. The number of methoxy groups -OCH3 is 2. The Morgan fingerprint density at radius 2 is 0.786 bits per heavy atom. The third-order valence-electron chi connectivity index (χ3n) is 7.24. The first-order valence-electron chi connectivity index (χ1n) is 13.6. The minimum atomic E-state index is -0.550. The molecule has 42 heavy (non-hydrogen) atoms. The van der Waals surface area contributed by atoms with Gasteiger partial charge < -0.3 is 29.2 Å². The summed E-state index contributed by atoms with van der Waals surface area (Å²) in [6.45, 7) is -0.436. The van der Waals surface area contributed by atoms with Gasteiger partial charge in [0.1, 0.15) is 36.2 Å². The maximum absolute atomic E-state index is 12.6. The monoisotopic (exact) mass is 568 g/mol. The molecule has 0 aromatic heterocycles. The smallest absolute Gasteiger partial charge is 0.337 e. The lowest BCUT2D eigenvalue weighted by Crippen LogP contribution is -2.17. The van der Waals surface area contributed by atoms with Crippen molar-refractivity contribution in [3.8, 4) is 23.0 Å². The number of benzene rings is 4. The maximum Gasteiger partial charge on any atom is 0.337 e. The molecule has 5 rings (SSSR count). The van der Waals surface area contributed by atoms with Gasteiger partial charge in [0.05, 0.1) is 0 Å². The molecule has 4 aromatic carbocycles. The van der Waals surface area contributed by atoms with Gasteiger partial charge in [0, 0.05) is 39.9 Å². The van der Waals surface area contributed by atoms with Crippen LogP contribution in [0.25, 0.3) is 0 Å². The van der Waals surface area contributed by atoms with Crippen LogP contribution in [0.4, 0.5) is 0 Å². The normalized spacial score (nSPS) is 12.4. The number of hydrogen-bond donors (Lipinski definition) is 2. The number of para-hydroxylation sites is 4. The number of carbonyl (C=O) groups excluding carboxylic acids is 2. The minimum Gasteiger partial charge on any atom is -0.507 e. The van der Waals surface area contributed by atoms with Gasteiger partial charge in [-0.15, -0.1) is 0 Å². The van der Waals surface area contributed by atoms with Gasteiger partial charge in [0.2, 0.25) is 0 Å². The van der Waals surface area contributed by atoms with Crippen molar-refractivity contribution in [1.82, 2.24) is 0 Å². The Morgan fingerprint density at radius 3 is 1.05 bits per heavy atom. The molecule has 8 heteroatoms. The van der Waals surface area contributed by atoms with Gasteiger partial charge in [-0.05, 0) is 44.5 Å². The van der Waals surface area contributed by atoms with Crippen molar-refractivity contribution in [2.45, 2.75) is 25.7 Å². The van der Waals surface area contributed by atoms with Gasteiger partial charge >= 0.3 is 11.9 Å². The van der Waals surface area contributed by atoms with Gasteiger partial charge in [-0.1, -0.05) is 72.8 Å². The maximum atomic E-state index is 12.6. The molecule has 0 unspecified atom stereocenters. The number of aromatic hydroxyl groups is 2. The van der Waals surface area contributed by atoms with Crippen LogP contribution in [0.1, 0.15) is 44.5 Å². The highest BCUT2D eigenvalue weighted by Crippen LogP contribution is 2.38. The Kier molecular flexibility index (Phi) is 8.85. The van der Waals surface area contributed by atoms with E-state index >= 15 is 0 Å². The minimum absolute atomic E-state index is 0.103. The molecular formula is C34H32O8. The molecule has 0 heterocycles. The van der Waals surface area contributed by atoms with Crippen LogP contribution in [0, 0.1) is 0 Å². The fourth-order valence-electron chi connectivity index (χ4n) is 5.30. The van der Waals surface area contributed by atoms with Crippen LogP contribution in [0.2, 0.25) is 0 Å². The van der Waals surface area contributed by atoms with E-state index in [4.69, 9.17) is 18.9 Å². The molecular weight excluding hydrogens is 536 g/mol. The average Bonchev–Trinajstić information content (AvgIpc) is 2.96. The van der Waals surface area contributed by atoms with Crippen molar-refractivity contribution in [3.63, 3.8) is 0 Å². The van der Waals surface area contributed by atoms with Crippen LogP contribution in [-0.2, 0) is 44.7 Å². The second kappa shape index (κ2) is 12.9. The zero-order chi connectivity index (χ0) is 29.6. The predicted octanol–water partition coefficient (Wildman–Crippen LogP) is 4.88. The van der Waals surface area contributed by atoms with E-state index < -0.39 is 11.9 Å². The van der Waals surface area contributed by atoms with Crippen LogP contribution in [0.5, 0.6) is 23.0 Å². The third-order valence-corrected chi connectivity index (χ3v) is 7.24. The Balaban J connectivity index is 1.69. The lowest BCUT2D eigenvalue weighted by molar-refractivity contribution is -0.139. The fraction of sp³-hybridized carbons (Fsp3) is 0.235. The number of rotatable bonds is 6. The molecule has 8 nitrogen and oxygen atoms in total. The Morgan fingerprint density at radius 1 is 0.524 bits per heavy atom. The predicted molar refractivity (Wildman–Crippen MR) is 155 cm³/mol. The fourth-order valence-corrected chi connectivity index (χ4v) is 5.30. The highest BCUT2D eigenvalue weighted by Gasteiger charge is 2.22. The SMILES string of the molecule is COCC(=O)Oc1c2cccc1Cc1cccc(c1O)Cc1cccc(c1OC(=O)COC)Cc1cccc(c1O)C2. The van der Waals surface area contributed by atoms with Crippen molar-refractivity contribution in [1.29, 1.82) is 0 Å². The molecule has 8 bridgehead atoms. The number of phenolic OH excluding ortho intramolecular Hbond substituents is 2. The topological polar surface area (TPSA) is 112 Å². The molecule has 0 radical (unpaired) electrons. The van der Waals surface area contributed by atoms with E-state index in [-0.39, 0.29) is 50.4 Å². The molecule has 4 aromatic rings. The van der Waals surface area contributed by atoms with Crippen LogP contribution in [0.3, 0.4) is 0 Å². The van der Waals surface area contributed by atoms with Gasteiger partial charge in [0.25, 0.3) is 0 Å². The summed E-state index contributed by atoms with van der Waals surface area (Å²) in [6.07, 6.45) is 1.13. The Bertz CT molecular complexity index is 1420. The summed E-state index contributed by atoms with van der Waals surface area (Å²) < 4.78 is 21.6. The highest BCUT2D eigenvalue weighted by atomic mass is 16.6. The van der Waals surface area contributed by atoms with E-state index in [0.717, 1.165) is 0 Å². The van der Waals surface area contributed by atoms with Gasteiger partial charge in [-0.25, -0.2) is 9.59 Å². The molecule has 1 aliphatic carbocycles. The van der Waals surface area contributed by atoms with Crippen molar-refractivity contribution in [2.24, 2.45) is 0 Å². The number of ether oxygens (including phenoxy) is 4. The largest absolute Gasteiger partial charge is 0.507 e. The molecule has 1 aliphatic rings. The standard InChI is InChI=1S/C34H32O8/c1-39-19-29(35)41-33-25-11-5-12-26(33)16-22-8-4-10-24(32(22)38)18-28-14-6-13-27(34(28)42-30(36)20-40-2)17-23-9-3-7-21(15-25)31(23)37/h3-14,37-38H,15-20H2,1-2H3. The Hall–Kier alpha value is -4.66. The molecule has 0 saturated heterocycles. The molecule has 216 valence electrons. The molecule has 0 saturated carbocycles. The molecule has 0 fully saturated rings. The van der Waals surface area contributed by atoms with Crippen molar-refractivity contribution in [3.05, 3.63) is 117 Å². The molecule has 0 atom stereocenters. The lowest BCUT2D eigenvalue weighted by atomic mass is 9.91. The van der Waals surface area contributed by atoms with E-state index in [9.17, 15) is 19.8 Å². The first-order chi connectivity index (χ1) is 20.4. The highest BCUT2D eigenvalue weighted by molar-refractivity contribution is 5.75. The van der Waals surface area contributed by atoms with E-state index in [0.29, 0.717) is 56.0 Å². The summed E-state index contributed by atoms with van der Waals surface area (Å²) in [4.78, 5) is 25.1. The second-order valence-electron chi connectivity index (χ2n) is 10.2. The van der Waals surface area contributed by atoms with Crippen LogP contribution < -0.4 is 9.47 Å². The van der Waals surface area contributed by atoms with Gasteiger partial charge in [-0.2, -0.15) is 0 Å². The number of fused-ring (bicyclic) bond motifs is 8. The number of phenols is 2. The first kappa shape index (κ1) is 28.9. The number of hydrogen-bond acceptors (Lipinski definition) is 8. The average molecular weight is 569 g/mol. The van der Waals surface area contributed by atoms with E-state index in [2.05, 4.69) is 0 Å². The number of esters is 2. The van der Waals surface area contributed by atoms with E-state index in [1.165, 1.54) is 14.2 Å². The van der Waals surface area contributed by atoms with E-state index in [1.54, 1.807) is 0 Å². The van der Waals surface area contributed by atoms with Crippen LogP contribution in [0.15, 0.2) is 72.8 Å². The van der Waals surface area contributed by atoms with Crippen LogP contribution >= 0.6 is 0 Å². The summed E-state index contributed by atoms with van der Waals surface area (Å²) in [7, 11) is 2.84. The zero-order valence-corrected chi connectivity index (χ0v) is 23.5. The molecule has 0 spiro atoms. The van der Waals surface area contributed by atoms with Crippen LogP contribution in [-0.4, -0.2) is 49.6 Å². The summed E-state index contributed by atoms with van der Waals surface area (Å²) in [6, 6.07) is 22.1. The summed E-state index contributed by atoms with van der Waals surface area (Å²) >= 11 is 0. The zero-order valence-electron chi connectivity index (χ0n) is 23.5. The summed E-state index contributed by atoms with van der Waals surface area (Å²) in [5.74, 6) is -0.146. The van der Waals surface area contributed by atoms with Gasteiger partial charge in [-0.3, -0.25) is 0 Å². The van der Waals surface area contributed by atoms with Crippen molar-refractivity contribution >= 4 is 11.9 Å². The van der Waals surface area contributed by atoms with E-state index in [1.807, 2.05) is 72.8 Å². The van der Waals surface area contributed by atoms with Gasteiger partial charge in [0.15, 0.2) is 0 Å². The Labute approximate surface area is 244 Å². The third kappa shape index (κ3) is 6.30. The van der Waals surface area contributed by atoms with Crippen molar-refractivity contribution in [2.75, 3.05) is 27.4 Å². The molecule has 0 aliphatic heterocycles. The molecule has 0 amide bonds. The summed E-state index contributed by atoms with van der Waals surface area (Å²) in [5.41, 5.74) is 5.34. The first-order valence-corrected chi connectivity index (χ1v) is 13.6. The summed E-state index contributed by atoms with van der Waals surface area (Å²) in [5, 5.41) is 22.8. The molecule has 2 N–H and O–H groups in total. The number of carbonyl (C=O) groups is 2. The van der Waals surface area contributed by atoms with Crippen molar-refractivity contribution < 1.29 is 38.7 Å².